The number of hydrogen-bond acceptors (Lipinski definition) is 3. The van der Waals surface area contributed by atoms with Crippen molar-refractivity contribution < 1.29 is 9.90 Å². The van der Waals surface area contributed by atoms with Crippen molar-refractivity contribution in [2.24, 2.45) is 11.8 Å². The Morgan fingerprint density at radius 3 is 2.88 bits per heavy atom. The van der Waals surface area contributed by atoms with Crippen LogP contribution in [0.4, 0.5) is 5.69 Å². The van der Waals surface area contributed by atoms with Gasteiger partial charge in [0.15, 0.2) is 0 Å². The number of carbonyl (C=O) groups is 1. The van der Waals surface area contributed by atoms with Crippen molar-refractivity contribution in [3.63, 3.8) is 0 Å². The highest BCUT2D eigenvalue weighted by molar-refractivity contribution is 5.93. The Kier molecular flexibility index (Phi) is 3.76. The van der Waals surface area contributed by atoms with Gasteiger partial charge in [-0.1, -0.05) is 25.1 Å². The molecule has 2 atom stereocenters. The molecule has 1 aromatic carbocycles. The molecule has 4 nitrogen and oxygen atoms in total. The van der Waals surface area contributed by atoms with Gasteiger partial charge in [-0.15, -0.1) is 0 Å². The smallest absolute Gasteiger partial charge is 0.229 e. The Bertz CT molecular complexity index is 406. The zero-order valence-electron chi connectivity index (χ0n) is 9.94. The summed E-state index contributed by atoms with van der Waals surface area (Å²) >= 11 is 0. The first-order chi connectivity index (χ1) is 8.22. The lowest BCUT2D eigenvalue weighted by Crippen LogP contribution is -2.28. The number of benzene rings is 1. The number of nitrogens with one attached hydrogen (secondary N) is 2. The van der Waals surface area contributed by atoms with E-state index in [1.807, 2.05) is 24.3 Å². The van der Waals surface area contributed by atoms with E-state index in [1.165, 1.54) is 0 Å². The van der Waals surface area contributed by atoms with Gasteiger partial charge in [-0.3, -0.25) is 4.79 Å². The molecule has 1 saturated heterocycles. The Balaban J connectivity index is 2.07. The van der Waals surface area contributed by atoms with E-state index in [4.69, 9.17) is 0 Å². The lowest BCUT2D eigenvalue weighted by Gasteiger charge is -2.15. The van der Waals surface area contributed by atoms with E-state index in [0.29, 0.717) is 11.6 Å². The minimum Gasteiger partial charge on any atom is -0.392 e. The molecule has 3 N–H and O–H groups in total. The molecule has 0 spiro atoms. The molecule has 0 bridgehead atoms. The molecule has 0 unspecified atom stereocenters. The molecule has 1 aromatic rings. The van der Waals surface area contributed by atoms with Crippen LogP contribution in [-0.4, -0.2) is 24.1 Å². The van der Waals surface area contributed by atoms with Crippen LogP contribution in [0.15, 0.2) is 24.3 Å². The van der Waals surface area contributed by atoms with Crippen molar-refractivity contribution >= 4 is 11.6 Å². The first-order valence-electron chi connectivity index (χ1n) is 5.92. The van der Waals surface area contributed by atoms with Gasteiger partial charge in [0.05, 0.1) is 12.5 Å². The zero-order valence-corrected chi connectivity index (χ0v) is 9.94. The molecule has 2 rings (SSSR count). The van der Waals surface area contributed by atoms with Gasteiger partial charge in [0.25, 0.3) is 0 Å². The van der Waals surface area contributed by atoms with Crippen molar-refractivity contribution in [3.05, 3.63) is 29.8 Å². The van der Waals surface area contributed by atoms with Crippen molar-refractivity contribution in [1.29, 1.82) is 0 Å². The van der Waals surface area contributed by atoms with Crippen LogP contribution in [-0.2, 0) is 11.4 Å². The number of hydrogen-bond donors (Lipinski definition) is 3. The normalized spacial score (nSPS) is 23.6. The van der Waals surface area contributed by atoms with Crippen molar-refractivity contribution in [1.82, 2.24) is 5.32 Å². The summed E-state index contributed by atoms with van der Waals surface area (Å²) in [6.07, 6.45) is 0. The van der Waals surface area contributed by atoms with E-state index < -0.39 is 0 Å². The maximum absolute atomic E-state index is 12.1. The fourth-order valence-corrected chi connectivity index (χ4v) is 2.17. The molecule has 0 aromatic heterocycles. The van der Waals surface area contributed by atoms with Crippen LogP contribution < -0.4 is 10.6 Å². The molecule has 17 heavy (non-hydrogen) atoms. The highest BCUT2D eigenvalue weighted by Crippen LogP contribution is 2.20. The summed E-state index contributed by atoms with van der Waals surface area (Å²) < 4.78 is 0. The number of anilines is 1. The van der Waals surface area contributed by atoms with Crippen LogP contribution in [0.3, 0.4) is 0 Å². The Morgan fingerprint density at radius 2 is 2.24 bits per heavy atom. The second-order valence-corrected chi connectivity index (χ2v) is 4.55. The van der Waals surface area contributed by atoms with E-state index in [0.717, 1.165) is 18.7 Å². The topological polar surface area (TPSA) is 61.4 Å². The third-order valence-electron chi connectivity index (χ3n) is 3.30. The summed E-state index contributed by atoms with van der Waals surface area (Å²) in [4.78, 5) is 12.1. The van der Waals surface area contributed by atoms with Crippen LogP contribution in [0.25, 0.3) is 0 Å². The van der Waals surface area contributed by atoms with Gasteiger partial charge in [0, 0.05) is 17.8 Å². The molecule has 1 amide bonds. The molecule has 1 heterocycles. The van der Waals surface area contributed by atoms with E-state index >= 15 is 0 Å². The first-order valence-corrected chi connectivity index (χ1v) is 5.92. The lowest BCUT2D eigenvalue weighted by molar-refractivity contribution is -0.120. The summed E-state index contributed by atoms with van der Waals surface area (Å²) in [5.74, 6) is 0.404. The second kappa shape index (κ2) is 5.29. The average Bonchev–Trinajstić information content (AvgIpc) is 2.76. The third kappa shape index (κ3) is 2.65. The highest BCUT2D eigenvalue weighted by Gasteiger charge is 2.29. The van der Waals surface area contributed by atoms with Gasteiger partial charge in [0.2, 0.25) is 5.91 Å². The van der Waals surface area contributed by atoms with E-state index in [2.05, 4.69) is 17.6 Å². The van der Waals surface area contributed by atoms with Crippen molar-refractivity contribution in [2.45, 2.75) is 13.5 Å². The number of rotatable bonds is 3. The van der Waals surface area contributed by atoms with Crippen LogP contribution in [0, 0.1) is 11.8 Å². The standard InChI is InChI=1S/C13H18N2O2/c1-9-6-14-7-11(9)13(17)15-12-5-3-2-4-10(12)8-16/h2-5,9,11,14,16H,6-8H2,1H3,(H,15,17)/t9-,11-/m1/s1. The average molecular weight is 234 g/mol. The maximum atomic E-state index is 12.1. The van der Waals surface area contributed by atoms with Gasteiger partial charge in [0.1, 0.15) is 0 Å². The predicted molar refractivity (Wildman–Crippen MR) is 66.5 cm³/mol. The van der Waals surface area contributed by atoms with Gasteiger partial charge in [-0.05, 0) is 18.5 Å². The first kappa shape index (κ1) is 12.1. The molecule has 0 saturated carbocycles. The molecule has 0 aliphatic carbocycles. The Hall–Kier alpha value is -1.39. The molecular weight excluding hydrogens is 216 g/mol. The van der Waals surface area contributed by atoms with Crippen LogP contribution in [0.2, 0.25) is 0 Å². The second-order valence-electron chi connectivity index (χ2n) is 4.55. The van der Waals surface area contributed by atoms with Gasteiger partial charge >= 0.3 is 0 Å². The summed E-state index contributed by atoms with van der Waals surface area (Å²) in [5, 5.41) is 15.3. The summed E-state index contributed by atoms with van der Waals surface area (Å²) in [6.45, 7) is 3.63. The van der Waals surface area contributed by atoms with E-state index in [1.54, 1.807) is 0 Å². The third-order valence-corrected chi connectivity index (χ3v) is 3.30. The minimum absolute atomic E-state index is 0.0155. The van der Waals surface area contributed by atoms with Crippen molar-refractivity contribution in [2.75, 3.05) is 18.4 Å². The molecule has 0 radical (unpaired) electrons. The lowest BCUT2D eigenvalue weighted by atomic mass is 9.97. The fourth-order valence-electron chi connectivity index (χ4n) is 2.17. The van der Waals surface area contributed by atoms with Crippen LogP contribution >= 0.6 is 0 Å². The number of amides is 1. The Labute approximate surface area is 101 Å². The van der Waals surface area contributed by atoms with Gasteiger partial charge in [-0.2, -0.15) is 0 Å². The predicted octanol–water partition coefficient (Wildman–Crippen LogP) is 0.973. The van der Waals surface area contributed by atoms with Crippen molar-refractivity contribution in [3.8, 4) is 0 Å². The van der Waals surface area contributed by atoms with E-state index in [-0.39, 0.29) is 18.4 Å². The number of aliphatic hydroxyl groups excluding tert-OH is 1. The highest BCUT2D eigenvalue weighted by atomic mass is 16.3. The largest absolute Gasteiger partial charge is 0.392 e. The molecule has 1 aliphatic rings. The van der Waals surface area contributed by atoms with Crippen LogP contribution in [0.5, 0.6) is 0 Å². The monoisotopic (exact) mass is 234 g/mol. The number of aliphatic hydroxyl groups is 1. The Morgan fingerprint density at radius 1 is 1.47 bits per heavy atom. The SMILES string of the molecule is C[C@@H]1CNC[C@H]1C(=O)Nc1ccccc1CO. The quantitative estimate of drug-likeness (QED) is 0.730. The molecular formula is C13H18N2O2. The molecule has 4 heteroatoms. The fraction of sp³-hybridized carbons (Fsp3) is 0.462. The summed E-state index contributed by atoms with van der Waals surface area (Å²) in [5.41, 5.74) is 1.46. The minimum atomic E-state index is -0.0606. The molecule has 1 aliphatic heterocycles. The van der Waals surface area contributed by atoms with Gasteiger partial charge < -0.3 is 15.7 Å². The number of para-hydroxylation sites is 1. The van der Waals surface area contributed by atoms with Crippen LogP contribution in [0.1, 0.15) is 12.5 Å². The zero-order chi connectivity index (χ0) is 12.3. The molecule has 92 valence electrons. The summed E-state index contributed by atoms with van der Waals surface area (Å²) in [6, 6.07) is 7.33. The molecule has 1 fully saturated rings. The summed E-state index contributed by atoms with van der Waals surface area (Å²) in [7, 11) is 0. The van der Waals surface area contributed by atoms with E-state index in [9.17, 15) is 9.90 Å². The van der Waals surface area contributed by atoms with Gasteiger partial charge in [-0.25, -0.2) is 0 Å². The number of carbonyl (C=O) groups excluding carboxylic acids is 1. The maximum Gasteiger partial charge on any atom is 0.229 e.